The van der Waals surface area contributed by atoms with Crippen LogP contribution in [-0.4, -0.2) is 15.6 Å². The summed E-state index contributed by atoms with van der Waals surface area (Å²) >= 11 is 0. The van der Waals surface area contributed by atoms with Crippen molar-refractivity contribution in [2.24, 2.45) is 0 Å². The molecule has 2 aromatic carbocycles. The van der Waals surface area contributed by atoms with Crippen LogP contribution in [-0.2, 0) is 12.6 Å². The fourth-order valence-corrected chi connectivity index (χ4v) is 3.06. The Balaban J connectivity index is 1.85. The van der Waals surface area contributed by atoms with Gasteiger partial charge in [-0.3, -0.25) is 0 Å². The molecule has 0 unspecified atom stereocenters. The Morgan fingerprint density at radius 1 is 0.938 bits per heavy atom. The molecule has 0 saturated carbocycles. The zero-order valence-electron chi connectivity index (χ0n) is 18.5. The Hall–Kier alpha value is -3.29. The summed E-state index contributed by atoms with van der Waals surface area (Å²) in [6, 6.07) is 14.3. The molecule has 0 aliphatic heterocycles. The highest BCUT2D eigenvalue weighted by atomic mass is 19.4. The van der Waals surface area contributed by atoms with Crippen molar-refractivity contribution in [3.8, 4) is 5.75 Å². The van der Waals surface area contributed by atoms with E-state index in [4.69, 9.17) is 4.74 Å². The first kappa shape index (κ1) is 23.4. The number of nitrogens with one attached hydrogen (secondary N) is 2. The van der Waals surface area contributed by atoms with Gasteiger partial charge in [-0.25, -0.2) is 4.98 Å². The molecule has 3 aromatic rings. The second-order valence-electron chi connectivity index (χ2n) is 8.39. The van der Waals surface area contributed by atoms with Gasteiger partial charge in [-0.15, -0.1) is 0 Å². The number of aromatic nitrogens is 2. The molecule has 0 aliphatic rings. The molecule has 2 N–H and O–H groups in total. The van der Waals surface area contributed by atoms with E-state index in [-0.39, 0.29) is 17.4 Å². The van der Waals surface area contributed by atoms with E-state index in [0.29, 0.717) is 17.1 Å². The summed E-state index contributed by atoms with van der Waals surface area (Å²) in [5, 5.41) is 5.75. The number of nitrogens with zero attached hydrogens (tertiary/aromatic N) is 2. The number of hydrogen-bond acceptors (Lipinski definition) is 5. The number of alkyl halides is 3. The number of ether oxygens (including phenoxy) is 1. The van der Waals surface area contributed by atoms with E-state index in [0.717, 1.165) is 24.6 Å². The van der Waals surface area contributed by atoms with E-state index in [1.54, 1.807) is 30.3 Å². The second kappa shape index (κ2) is 9.46. The van der Waals surface area contributed by atoms with Crippen LogP contribution in [0.5, 0.6) is 5.75 Å². The maximum atomic E-state index is 13.5. The summed E-state index contributed by atoms with van der Waals surface area (Å²) < 4.78 is 46.4. The molecule has 0 atom stereocenters. The summed E-state index contributed by atoms with van der Waals surface area (Å²) in [4.78, 5) is 7.96. The maximum absolute atomic E-state index is 13.5. The highest BCUT2D eigenvalue weighted by Gasteiger charge is 2.35. The van der Waals surface area contributed by atoms with E-state index in [2.05, 4.69) is 20.6 Å². The summed E-state index contributed by atoms with van der Waals surface area (Å²) in [7, 11) is 0. The van der Waals surface area contributed by atoms with Gasteiger partial charge in [0.2, 0.25) is 5.95 Å². The van der Waals surface area contributed by atoms with E-state index < -0.39 is 11.7 Å². The second-order valence-corrected chi connectivity index (χ2v) is 8.39. The van der Waals surface area contributed by atoms with Gasteiger partial charge in [0.05, 0.1) is 0 Å². The maximum Gasteiger partial charge on any atom is 0.421 e. The number of benzene rings is 2. The normalized spacial score (nSPS) is 11.8. The topological polar surface area (TPSA) is 59.1 Å². The van der Waals surface area contributed by atoms with Crippen molar-refractivity contribution < 1.29 is 17.9 Å². The zero-order valence-corrected chi connectivity index (χ0v) is 18.5. The molecule has 5 nitrogen and oxygen atoms in total. The zero-order chi connectivity index (χ0) is 23.4. The Labute approximate surface area is 186 Å². The molecule has 0 aliphatic carbocycles. The van der Waals surface area contributed by atoms with Crippen LogP contribution < -0.4 is 15.4 Å². The van der Waals surface area contributed by atoms with Crippen LogP contribution in [0.1, 0.15) is 45.2 Å². The van der Waals surface area contributed by atoms with Crippen molar-refractivity contribution in [3.05, 3.63) is 65.9 Å². The lowest BCUT2D eigenvalue weighted by atomic mass is 10.1. The van der Waals surface area contributed by atoms with E-state index in [1.165, 1.54) is 0 Å². The molecule has 3 rings (SSSR count). The minimum Gasteiger partial charge on any atom is -0.488 e. The molecule has 0 saturated heterocycles. The highest BCUT2D eigenvalue weighted by molar-refractivity contribution is 5.63. The van der Waals surface area contributed by atoms with E-state index in [1.807, 2.05) is 45.9 Å². The van der Waals surface area contributed by atoms with Crippen LogP contribution in [0.25, 0.3) is 0 Å². The average molecular weight is 445 g/mol. The van der Waals surface area contributed by atoms with Crippen LogP contribution in [0.4, 0.5) is 36.3 Å². The number of anilines is 4. The lowest BCUT2D eigenvalue weighted by Gasteiger charge is -2.21. The predicted octanol–water partition coefficient (Wildman–Crippen LogP) is 7.11. The van der Waals surface area contributed by atoms with Gasteiger partial charge in [0.15, 0.2) is 0 Å². The third-order valence-corrected chi connectivity index (χ3v) is 4.36. The Kier molecular flexibility index (Phi) is 6.91. The number of halogens is 3. The monoisotopic (exact) mass is 444 g/mol. The summed E-state index contributed by atoms with van der Waals surface area (Å²) in [5.41, 5.74) is 0.936. The molecule has 170 valence electrons. The van der Waals surface area contributed by atoms with Crippen LogP contribution >= 0.6 is 0 Å². The SMILES string of the molecule is CCCc1cccc(Nc2nc(Nc3ccc(OC(C)(C)C)cc3)ncc2C(F)(F)F)c1. The van der Waals surface area contributed by atoms with Gasteiger partial charge in [0.25, 0.3) is 0 Å². The van der Waals surface area contributed by atoms with Crippen LogP contribution in [0.15, 0.2) is 54.7 Å². The quantitative estimate of drug-likeness (QED) is 0.407. The highest BCUT2D eigenvalue weighted by Crippen LogP contribution is 2.35. The van der Waals surface area contributed by atoms with Gasteiger partial charge in [0.1, 0.15) is 22.7 Å². The number of hydrogen-bond donors (Lipinski definition) is 2. The van der Waals surface area contributed by atoms with Crippen molar-refractivity contribution in [1.82, 2.24) is 9.97 Å². The third kappa shape index (κ3) is 6.60. The van der Waals surface area contributed by atoms with Gasteiger partial charge in [0, 0.05) is 17.6 Å². The van der Waals surface area contributed by atoms with Crippen molar-refractivity contribution in [2.45, 2.75) is 52.3 Å². The Morgan fingerprint density at radius 2 is 1.66 bits per heavy atom. The summed E-state index contributed by atoms with van der Waals surface area (Å²) in [5.74, 6) is 0.428. The minimum atomic E-state index is -4.59. The standard InChI is InChI=1S/C24H27F3N4O/c1-5-7-16-8-6-9-18(14-16)29-21-20(24(25,26)27)15-28-22(31-21)30-17-10-12-19(13-11-17)32-23(2,3)4/h6,8-15H,5,7H2,1-4H3,(H2,28,29,30,31). The number of rotatable bonds is 7. The first-order valence-electron chi connectivity index (χ1n) is 10.4. The molecule has 1 heterocycles. The molecule has 0 spiro atoms. The molecular formula is C24H27F3N4O. The largest absolute Gasteiger partial charge is 0.488 e. The first-order chi connectivity index (χ1) is 15.0. The van der Waals surface area contributed by atoms with Gasteiger partial charge in [-0.2, -0.15) is 18.2 Å². The fourth-order valence-electron chi connectivity index (χ4n) is 3.06. The fraction of sp³-hybridized carbons (Fsp3) is 0.333. The molecule has 1 aromatic heterocycles. The average Bonchev–Trinajstić information content (AvgIpc) is 2.68. The number of aryl methyl sites for hydroxylation is 1. The van der Waals surface area contributed by atoms with Gasteiger partial charge >= 0.3 is 6.18 Å². The molecule has 8 heteroatoms. The van der Waals surface area contributed by atoms with E-state index in [9.17, 15) is 13.2 Å². The van der Waals surface area contributed by atoms with Crippen molar-refractivity contribution in [3.63, 3.8) is 0 Å². The van der Waals surface area contributed by atoms with Gasteiger partial charge in [-0.05, 0) is 69.2 Å². The molecular weight excluding hydrogens is 417 g/mol. The van der Waals surface area contributed by atoms with Crippen LogP contribution in [0.3, 0.4) is 0 Å². The third-order valence-electron chi connectivity index (χ3n) is 4.36. The van der Waals surface area contributed by atoms with Crippen LogP contribution in [0.2, 0.25) is 0 Å². The van der Waals surface area contributed by atoms with Crippen LogP contribution in [0, 0.1) is 0 Å². The smallest absolute Gasteiger partial charge is 0.421 e. The van der Waals surface area contributed by atoms with Crippen molar-refractivity contribution in [2.75, 3.05) is 10.6 Å². The lowest BCUT2D eigenvalue weighted by Crippen LogP contribution is -2.22. The first-order valence-corrected chi connectivity index (χ1v) is 10.4. The van der Waals surface area contributed by atoms with E-state index >= 15 is 0 Å². The van der Waals surface area contributed by atoms with Crippen molar-refractivity contribution in [1.29, 1.82) is 0 Å². The lowest BCUT2D eigenvalue weighted by molar-refractivity contribution is -0.137. The summed E-state index contributed by atoms with van der Waals surface area (Å²) in [6.45, 7) is 7.89. The summed E-state index contributed by atoms with van der Waals surface area (Å²) in [6.07, 6.45) is -2.02. The molecule has 0 fully saturated rings. The van der Waals surface area contributed by atoms with Crippen molar-refractivity contribution >= 4 is 23.1 Å². The molecule has 32 heavy (non-hydrogen) atoms. The predicted molar refractivity (Wildman–Crippen MR) is 121 cm³/mol. The Bertz CT molecular complexity index is 1040. The molecule has 0 amide bonds. The minimum absolute atomic E-state index is 0.0507. The molecule has 0 radical (unpaired) electrons. The Morgan fingerprint density at radius 3 is 2.28 bits per heavy atom. The van der Waals surface area contributed by atoms with Gasteiger partial charge in [-0.1, -0.05) is 25.5 Å². The van der Waals surface area contributed by atoms with Gasteiger partial charge < -0.3 is 15.4 Å². The molecule has 0 bridgehead atoms.